The Hall–Kier alpha value is -0.820. The van der Waals surface area contributed by atoms with Crippen LogP contribution in [0.5, 0.6) is 0 Å². The van der Waals surface area contributed by atoms with Crippen molar-refractivity contribution in [3.63, 3.8) is 0 Å². The Morgan fingerprint density at radius 2 is 1.70 bits per heavy atom. The molecule has 106 valence electrons. The zero-order valence-electron chi connectivity index (χ0n) is 12.2. The van der Waals surface area contributed by atoms with Gasteiger partial charge in [0.1, 0.15) is 0 Å². The van der Waals surface area contributed by atoms with Crippen molar-refractivity contribution in [2.45, 2.75) is 43.9 Å². The highest BCUT2D eigenvalue weighted by Gasteiger charge is 2.24. The molecular weight excluding hydrogens is 308 g/mol. The molecule has 1 aliphatic carbocycles. The molecule has 0 aromatic heterocycles. The molecule has 1 atom stereocenters. The van der Waals surface area contributed by atoms with Crippen molar-refractivity contribution in [3.05, 3.63) is 48.0 Å². The van der Waals surface area contributed by atoms with E-state index < -0.39 is 0 Å². The Morgan fingerprint density at radius 3 is 2.45 bits per heavy atom. The van der Waals surface area contributed by atoms with E-state index in [4.69, 9.17) is 0 Å². The summed E-state index contributed by atoms with van der Waals surface area (Å²) in [6.07, 6.45) is 6.76. The van der Waals surface area contributed by atoms with Crippen molar-refractivity contribution in [1.82, 2.24) is 0 Å². The zero-order valence-corrected chi connectivity index (χ0v) is 13.8. The summed E-state index contributed by atoms with van der Waals surface area (Å²) in [5.41, 5.74) is 1.46. The van der Waals surface area contributed by atoms with E-state index in [1.54, 1.807) is 0 Å². The minimum atomic E-state index is 0.635. The van der Waals surface area contributed by atoms with Crippen LogP contribution in [0.4, 0.5) is 0 Å². The third-order valence-corrected chi connectivity index (χ3v) is 5.89. The van der Waals surface area contributed by atoms with E-state index >= 15 is 0 Å². The Balaban J connectivity index is 1.69. The maximum absolute atomic E-state index is 3.96. The molecule has 20 heavy (non-hydrogen) atoms. The zero-order chi connectivity index (χ0) is 13.9. The number of rotatable bonds is 3. The molecule has 1 fully saturated rings. The van der Waals surface area contributed by atoms with Gasteiger partial charge in [-0.15, -0.1) is 0 Å². The first kappa shape index (κ1) is 14.1. The first-order chi connectivity index (χ1) is 9.72. The van der Waals surface area contributed by atoms with Crippen LogP contribution in [0, 0.1) is 11.8 Å². The minimum Gasteiger partial charge on any atom is -0.0884 e. The van der Waals surface area contributed by atoms with Crippen LogP contribution >= 0.6 is 15.9 Å². The lowest BCUT2D eigenvalue weighted by Gasteiger charge is -2.29. The van der Waals surface area contributed by atoms with Crippen molar-refractivity contribution in [2.75, 3.05) is 0 Å². The lowest BCUT2D eigenvalue weighted by Crippen LogP contribution is -2.22. The van der Waals surface area contributed by atoms with Crippen LogP contribution in [0.3, 0.4) is 0 Å². The molecule has 0 heterocycles. The number of halogens is 1. The van der Waals surface area contributed by atoms with Gasteiger partial charge in [0.05, 0.1) is 0 Å². The summed E-state index contributed by atoms with van der Waals surface area (Å²) in [7, 11) is 0. The van der Waals surface area contributed by atoms with Crippen molar-refractivity contribution >= 4 is 26.7 Å². The number of hydrogen-bond donors (Lipinski definition) is 0. The van der Waals surface area contributed by atoms with Gasteiger partial charge in [-0.25, -0.2) is 0 Å². The highest BCUT2D eigenvalue weighted by Crippen LogP contribution is 2.34. The summed E-state index contributed by atoms with van der Waals surface area (Å²) >= 11 is 3.96. The normalized spacial score (nSPS) is 24.7. The lowest BCUT2D eigenvalue weighted by molar-refractivity contribution is 0.285. The van der Waals surface area contributed by atoms with E-state index in [1.165, 1.54) is 42.0 Å². The summed E-state index contributed by atoms with van der Waals surface area (Å²) in [6.45, 7) is 2.39. The Morgan fingerprint density at radius 1 is 1.00 bits per heavy atom. The number of benzene rings is 2. The highest BCUT2D eigenvalue weighted by molar-refractivity contribution is 9.09. The maximum atomic E-state index is 3.96. The van der Waals surface area contributed by atoms with Gasteiger partial charge in [0.15, 0.2) is 0 Å². The predicted octanol–water partition coefficient (Wildman–Crippen LogP) is 5.97. The van der Waals surface area contributed by atoms with E-state index in [0.29, 0.717) is 4.83 Å². The van der Waals surface area contributed by atoms with E-state index in [1.807, 2.05) is 0 Å². The van der Waals surface area contributed by atoms with Crippen molar-refractivity contribution in [2.24, 2.45) is 11.8 Å². The minimum absolute atomic E-state index is 0.635. The molecule has 0 saturated heterocycles. The Bertz CT molecular complexity index is 567. The average molecular weight is 331 g/mol. The summed E-state index contributed by atoms with van der Waals surface area (Å²) < 4.78 is 0. The van der Waals surface area contributed by atoms with Gasteiger partial charge in [-0.1, -0.05) is 78.2 Å². The van der Waals surface area contributed by atoms with Crippen LogP contribution in [0.15, 0.2) is 42.5 Å². The lowest BCUT2D eigenvalue weighted by atomic mass is 9.80. The quantitative estimate of drug-likeness (QED) is 0.608. The second-order valence-corrected chi connectivity index (χ2v) is 7.60. The van der Waals surface area contributed by atoms with Crippen LogP contribution in [0.1, 0.15) is 38.2 Å². The molecule has 0 aliphatic heterocycles. The van der Waals surface area contributed by atoms with Gasteiger partial charge in [0.2, 0.25) is 0 Å². The molecule has 2 aromatic carbocycles. The SMILES string of the molecule is CC1CCC(C(Br)Cc2ccc3ccccc3c2)CC1. The average Bonchev–Trinajstić information content (AvgIpc) is 2.48. The first-order valence-electron chi connectivity index (χ1n) is 7.84. The molecule has 0 radical (unpaired) electrons. The van der Waals surface area contributed by atoms with Crippen LogP contribution in [0.2, 0.25) is 0 Å². The smallest absolute Gasteiger partial charge is 0.0214 e. The van der Waals surface area contributed by atoms with Gasteiger partial charge < -0.3 is 0 Å². The van der Waals surface area contributed by atoms with Gasteiger partial charge in [0, 0.05) is 4.83 Å². The summed E-state index contributed by atoms with van der Waals surface area (Å²) in [4.78, 5) is 0.635. The number of alkyl halides is 1. The van der Waals surface area contributed by atoms with Crippen LogP contribution < -0.4 is 0 Å². The van der Waals surface area contributed by atoms with Gasteiger partial charge in [-0.3, -0.25) is 0 Å². The molecule has 1 saturated carbocycles. The number of hydrogen-bond acceptors (Lipinski definition) is 0. The summed E-state index contributed by atoms with van der Waals surface area (Å²) in [6, 6.07) is 15.5. The highest BCUT2D eigenvalue weighted by atomic mass is 79.9. The van der Waals surface area contributed by atoms with Crippen molar-refractivity contribution in [1.29, 1.82) is 0 Å². The van der Waals surface area contributed by atoms with Gasteiger partial charge in [-0.2, -0.15) is 0 Å². The van der Waals surface area contributed by atoms with Crippen LogP contribution in [0.25, 0.3) is 10.8 Å². The Labute approximate surface area is 130 Å². The van der Waals surface area contributed by atoms with Crippen LogP contribution in [-0.4, -0.2) is 4.83 Å². The van der Waals surface area contributed by atoms with Crippen LogP contribution in [-0.2, 0) is 6.42 Å². The molecule has 0 nitrogen and oxygen atoms in total. The van der Waals surface area contributed by atoms with Gasteiger partial charge in [-0.05, 0) is 47.4 Å². The fraction of sp³-hybridized carbons (Fsp3) is 0.474. The third-order valence-electron chi connectivity index (χ3n) is 4.82. The topological polar surface area (TPSA) is 0 Å². The fourth-order valence-electron chi connectivity index (χ4n) is 3.41. The van der Waals surface area contributed by atoms with E-state index in [2.05, 4.69) is 65.3 Å². The largest absolute Gasteiger partial charge is 0.0884 e. The molecule has 3 rings (SSSR count). The number of fused-ring (bicyclic) bond motifs is 1. The maximum Gasteiger partial charge on any atom is 0.0214 e. The molecule has 1 unspecified atom stereocenters. The fourth-order valence-corrected chi connectivity index (χ4v) is 4.31. The van der Waals surface area contributed by atoms with Gasteiger partial charge >= 0.3 is 0 Å². The summed E-state index contributed by atoms with van der Waals surface area (Å²) in [5.74, 6) is 1.80. The molecular formula is C19H23Br. The second-order valence-electron chi connectivity index (χ2n) is 6.42. The molecule has 0 N–H and O–H groups in total. The van der Waals surface area contributed by atoms with Crippen molar-refractivity contribution in [3.8, 4) is 0 Å². The van der Waals surface area contributed by atoms with Gasteiger partial charge in [0.25, 0.3) is 0 Å². The summed E-state index contributed by atoms with van der Waals surface area (Å²) in [5, 5.41) is 2.70. The van der Waals surface area contributed by atoms with E-state index in [9.17, 15) is 0 Å². The Kier molecular flexibility index (Phi) is 4.45. The molecule has 0 amide bonds. The monoisotopic (exact) mass is 330 g/mol. The standard InChI is InChI=1S/C19H23Br/c1-14-6-9-17(10-7-14)19(20)13-15-8-11-16-4-2-3-5-18(16)12-15/h2-5,8,11-12,14,17,19H,6-7,9-10,13H2,1H3. The second kappa shape index (κ2) is 6.30. The molecule has 0 spiro atoms. The predicted molar refractivity (Wildman–Crippen MR) is 91.5 cm³/mol. The molecule has 1 heteroatoms. The molecule has 1 aliphatic rings. The van der Waals surface area contributed by atoms with Crippen molar-refractivity contribution < 1.29 is 0 Å². The molecule has 2 aromatic rings. The van der Waals surface area contributed by atoms with E-state index in [-0.39, 0.29) is 0 Å². The first-order valence-corrected chi connectivity index (χ1v) is 8.75. The molecule has 0 bridgehead atoms. The van der Waals surface area contributed by atoms with E-state index in [0.717, 1.165) is 18.3 Å². The third kappa shape index (κ3) is 3.25.